The van der Waals surface area contributed by atoms with Crippen LogP contribution in [0.5, 0.6) is 17.2 Å². The number of H-pyrrole nitrogens is 1. The number of carbonyl (C=O) groups excluding carboxylic acids is 2. The van der Waals surface area contributed by atoms with Gasteiger partial charge in [-0.15, -0.1) is 0 Å². The van der Waals surface area contributed by atoms with Crippen molar-refractivity contribution in [2.45, 2.75) is 72.5 Å². The number of hydrogen-bond acceptors (Lipinski definition) is 8. The maximum atomic E-state index is 13.8. The van der Waals surface area contributed by atoms with Crippen LogP contribution in [0.1, 0.15) is 67.7 Å². The normalized spacial score (nSPS) is 15.1. The van der Waals surface area contributed by atoms with Gasteiger partial charge in [-0.2, -0.15) is 5.10 Å². The Hall–Kier alpha value is -4.54. The van der Waals surface area contributed by atoms with Crippen molar-refractivity contribution in [1.82, 2.24) is 20.8 Å². The summed E-state index contributed by atoms with van der Waals surface area (Å²) in [4.78, 5) is 39.6. The average molecular weight is 606 g/mol. The summed E-state index contributed by atoms with van der Waals surface area (Å²) >= 11 is 0. The molecule has 1 heterocycles. The molecule has 0 radical (unpaired) electrons. The Morgan fingerprint density at radius 1 is 1.09 bits per heavy atom. The van der Waals surface area contributed by atoms with Crippen molar-refractivity contribution in [1.29, 1.82) is 0 Å². The zero-order valence-corrected chi connectivity index (χ0v) is 26.8. The number of carbonyl (C=O) groups is 2. The number of ether oxygens (including phenoxy) is 3. The van der Waals surface area contributed by atoms with E-state index in [9.17, 15) is 14.4 Å². The molecule has 3 aromatic rings. The minimum Gasteiger partial charge on any atom is -0.493 e. The second kappa shape index (κ2) is 13.8. The molecule has 0 saturated carbocycles. The summed E-state index contributed by atoms with van der Waals surface area (Å²) in [5, 5.41) is 16.4. The first-order valence-corrected chi connectivity index (χ1v) is 14.9. The fourth-order valence-electron chi connectivity index (χ4n) is 5.82. The predicted octanol–water partition coefficient (Wildman–Crippen LogP) is 4.35. The van der Waals surface area contributed by atoms with E-state index in [-0.39, 0.29) is 28.8 Å². The van der Waals surface area contributed by atoms with Gasteiger partial charge in [0.2, 0.25) is 23.0 Å². The molecule has 2 amide bonds. The molecule has 2 aromatic carbocycles. The van der Waals surface area contributed by atoms with Crippen molar-refractivity contribution in [2.75, 3.05) is 26.6 Å². The molecule has 0 bridgehead atoms. The molecule has 0 fully saturated rings. The van der Waals surface area contributed by atoms with Gasteiger partial charge in [-0.25, -0.2) is 0 Å². The molecule has 0 unspecified atom stereocenters. The molecule has 0 saturated heterocycles. The van der Waals surface area contributed by atoms with Gasteiger partial charge in [0, 0.05) is 30.3 Å². The Labute approximate surface area is 258 Å². The number of nitrogens with one attached hydrogen (secondary N) is 4. The SMILES string of the molecule is CC[C@@H](C)[C@H](Nc1ccc2c(cc1=O)[C@@H](NC(C)=O)CCc1cc(OC)c(OC)c(OC)c1-2)C(=O)NCc1c(C)n[nH]c1C. The molecule has 3 atom stereocenters. The summed E-state index contributed by atoms with van der Waals surface area (Å²) in [6, 6.07) is 5.90. The molecule has 1 aliphatic rings. The van der Waals surface area contributed by atoms with Crippen LogP contribution in [-0.2, 0) is 22.6 Å². The predicted molar refractivity (Wildman–Crippen MR) is 169 cm³/mol. The first kappa shape index (κ1) is 32.4. The maximum absolute atomic E-state index is 13.8. The number of benzene rings is 1. The number of aryl methyl sites for hydroxylation is 3. The number of nitrogens with zero attached hydrogens (tertiary/aromatic N) is 1. The van der Waals surface area contributed by atoms with Gasteiger partial charge < -0.3 is 30.2 Å². The zero-order chi connectivity index (χ0) is 32.1. The van der Waals surface area contributed by atoms with Crippen molar-refractivity contribution in [3.05, 3.63) is 62.6 Å². The van der Waals surface area contributed by atoms with Gasteiger partial charge in [-0.1, -0.05) is 26.3 Å². The second-order valence-corrected chi connectivity index (χ2v) is 11.2. The first-order chi connectivity index (χ1) is 21.0. The van der Waals surface area contributed by atoms with Crippen LogP contribution in [-0.4, -0.2) is 49.4 Å². The van der Waals surface area contributed by atoms with Crippen molar-refractivity contribution >= 4 is 17.5 Å². The Kier molecular flexibility index (Phi) is 10.2. The summed E-state index contributed by atoms with van der Waals surface area (Å²) in [6.07, 6.45) is 1.87. The molecular formula is C33H43N5O6. The number of aromatic nitrogens is 2. The Bertz CT molecular complexity index is 1580. The lowest BCUT2D eigenvalue weighted by Crippen LogP contribution is -2.44. The lowest BCUT2D eigenvalue weighted by atomic mass is 9.95. The van der Waals surface area contributed by atoms with Crippen molar-refractivity contribution in [3.63, 3.8) is 0 Å². The maximum Gasteiger partial charge on any atom is 0.243 e. The van der Waals surface area contributed by atoms with E-state index in [0.29, 0.717) is 42.2 Å². The van der Waals surface area contributed by atoms with E-state index in [1.54, 1.807) is 33.5 Å². The molecule has 11 nitrogen and oxygen atoms in total. The van der Waals surface area contributed by atoms with Crippen LogP contribution >= 0.6 is 0 Å². The van der Waals surface area contributed by atoms with Crippen LogP contribution in [0.4, 0.5) is 5.69 Å². The van der Waals surface area contributed by atoms with Gasteiger partial charge in [-0.3, -0.25) is 19.5 Å². The van der Waals surface area contributed by atoms with Gasteiger partial charge in [0.1, 0.15) is 6.04 Å². The van der Waals surface area contributed by atoms with E-state index >= 15 is 0 Å². The molecule has 0 spiro atoms. The van der Waals surface area contributed by atoms with E-state index in [4.69, 9.17) is 14.2 Å². The summed E-state index contributed by atoms with van der Waals surface area (Å²) in [5.74, 6) is 0.935. The second-order valence-electron chi connectivity index (χ2n) is 11.2. The van der Waals surface area contributed by atoms with Gasteiger partial charge >= 0.3 is 0 Å². The van der Waals surface area contributed by atoms with Gasteiger partial charge in [-0.05, 0) is 67.5 Å². The van der Waals surface area contributed by atoms with Gasteiger partial charge in [0.05, 0.1) is 38.8 Å². The number of amides is 2. The molecule has 44 heavy (non-hydrogen) atoms. The lowest BCUT2D eigenvalue weighted by molar-refractivity contribution is -0.123. The van der Waals surface area contributed by atoms with Crippen LogP contribution in [0, 0.1) is 19.8 Å². The Balaban J connectivity index is 1.82. The van der Waals surface area contributed by atoms with Crippen molar-refractivity contribution < 1.29 is 23.8 Å². The average Bonchev–Trinajstić information content (AvgIpc) is 3.15. The largest absolute Gasteiger partial charge is 0.493 e. The quantitative estimate of drug-likeness (QED) is 0.253. The number of aromatic amines is 1. The van der Waals surface area contributed by atoms with E-state index in [1.165, 1.54) is 6.92 Å². The minimum absolute atomic E-state index is 0.0750. The van der Waals surface area contributed by atoms with E-state index in [0.717, 1.165) is 40.1 Å². The van der Waals surface area contributed by atoms with Crippen LogP contribution in [0.15, 0.2) is 29.1 Å². The summed E-state index contributed by atoms with van der Waals surface area (Å²) in [6.45, 7) is 9.56. The highest BCUT2D eigenvalue weighted by atomic mass is 16.5. The van der Waals surface area contributed by atoms with Crippen LogP contribution < -0.4 is 35.6 Å². The van der Waals surface area contributed by atoms with E-state index in [2.05, 4.69) is 26.1 Å². The van der Waals surface area contributed by atoms with Crippen molar-refractivity contribution in [3.8, 4) is 28.4 Å². The standard InChI is InChI=1S/C33H43N5O6/c1-9-17(2)30(33(41)34-16-24-18(3)37-38-19(24)4)36-26-13-11-22-23(15-27(26)40)25(35-20(5)39)12-10-21-14-28(42-6)31(43-7)32(44-8)29(21)22/h11,13-15,17,25,30H,9-10,12,16H2,1-8H3,(H,34,41)(H,35,39)(H,36,40)(H,37,38)/t17-,25+,30+/m1/s1. The zero-order valence-electron chi connectivity index (χ0n) is 26.8. The summed E-state index contributed by atoms with van der Waals surface area (Å²) < 4.78 is 17.1. The lowest BCUT2D eigenvalue weighted by Gasteiger charge is -2.24. The van der Waals surface area contributed by atoms with Gasteiger partial charge in [0.25, 0.3) is 0 Å². The number of methoxy groups -OCH3 is 3. The monoisotopic (exact) mass is 605 g/mol. The molecular weight excluding hydrogens is 562 g/mol. The number of hydrogen-bond donors (Lipinski definition) is 4. The van der Waals surface area contributed by atoms with Gasteiger partial charge in [0.15, 0.2) is 11.5 Å². The fraction of sp³-hybridized carbons (Fsp3) is 0.455. The highest BCUT2D eigenvalue weighted by molar-refractivity contribution is 5.86. The molecule has 4 N–H and O–H groups in total. The highest BCUT2D eigenvalue weighted by Gasteiger charge is 2.30. The van der Waals surface area contributed by atoms with E-state index in [1.807, 2.05) is 39.8 Å². The van der Waals surface area contributed by atoms with Crippen molar-refractivity contribution in [2.24, 2.45) is 5.92 Å². The van der Waals surface area contributed by atoms with E-state index < -0.39 is 12.1 Å². The molecule has 236 valence electrons. The topological polar surface area (TPSA) is 144 Å². The molecule has 4 rings (SSSR count). The summed E-state index contributed by atoms with van der Waals surface area (Å²) in [5.41, 5.74) is 5.70. The number of fused-ring (bicyclic) bond motifs is 3. The first-order valence-electron chi connectivity index (χ1n) is 14.9. The third-order valence-corrected chi connectivity index (χ3v) is 8.44. The Morgan fingerprint density at radius 3 is 2.41 bits per heavy atom. The Morgan fingerprint density at radius 2 is 1.82 bits per heavy atom. The summed E-state index contributed by atoms with van der Waals surface area (Å²) in [7, 11) is 4.67. The number of rotatable bonds is 11. The van der Waals surface area contributed by atoms with Crippen LogP contribution in [0.25, 0.3) is 11.1 Å². The third kappa shape index (κ3) is 6.51. The van der Waals surface area contributed by atoms with Crippen LogP contribution in [0.3, 0.4) is 0 Å². The fourth-order valence-corrected chi connectivity index (χ4v) is 5.82. The molecule has 1 aliphatic carbocycles. The smallest absolute Gasteiger partial charge is 0.243 e. The van der Waals surface area contributed by atoms with Crippen LogP contribution in [0.2, 0.25) is 0 Å². The third-order valence-electron chi connectivity index (χ3n) is 8.44. The highest BCUT2D eigenvalue weighted by Crippen LogP contribution is 2.50. The molecule has 0 aliphatic heterocycles. The number of anilines is 1. The minimum atomic E-state index is -0.667. The molecule has 1 aromatic heterocycles. The molecule has 11 heteroatoms.